The van der Waals surface area contributed by atoms with Gasteiger partial charge in [-0.1, -0.05) is 42.3 Å². The Bertz CT molecular complexity index is 827. The van der Waals surface area contributed by atoms with E-state index in [1.165, 1.54) is 24.8 Å². The molecule has 2 fully saturated rings. The number of methoxy groups -OCH3 is 1. The molecular formula is C23H27ClN2O2. The van der Waals surface area contributed by atoms with Gasteiger partial charge in [0.1, 0.15) is 5.75 Å². The third-order valence-electron chi connectivity index (χ3n) is 6.07. The Kier molecular flexibility index (Phi) is 5.88. The molecule has 4 nitrogen and oxygen atoms in total. The van der Waals surface area contributed by atoms with E-state index in [0.29, 0.717) is 23.4 Å². The van der Waals surface area contributed by atoms with Crippen molar-refractivity contribution >= 4 is 17.5 Å². The van der Waals surface area contributed by atoms with E-state index >= 15 is 0 Å². The lowest BCUT2D eigenvalue weighted by atomic mass is 9.81. The van der Waals surface area contributed by atoms with Crippen molar-refractivity contribution in [2.45, 2.75) is 56.8 Å². The summed E-state index contributed by atoms with van der Waals surface area (Å²) in [6.45, 7) is 0.934. The lowest BCUT2D eigenvalue weighted by molar-refractivity contribution is 0.0177. The van der Waals surface area contributed by atoms with Crippen LogP contribution in [0.5, 0.6) is 5.75 Å². The van der Waals surface area contributed by atoms with E-state index < -0.39 is 0 Å². The van der Waals surface area contributed by atoms with Crippen LogP contribution in [-0.2, 0) is 6.54 Å². The number of rotatable bonds is 5. The summed E-state index contributed by atoms with van der Waals surface area (Å²) in [5.41, 5.74) is 1.87. The van der Waals surface area contributed by atoms with Crippen LogP contribution in [0.1, 0.15) is 48.0 Å². The van der Waals surface area contributed by atoms with Gasteiger partial charge < -0.3 is 10.1 Å². The van der Waals surface area contributed by atoms with E-state index in [4.69, 9.17) is 16.3 Å². The van der Waals surface area contributed by atoms with Crippen molar-refractivity contribution in [1.82, 2.24) is 10.2 Å². The van der Waals surface area contributed by atoms with Crippen LogP contribution in [0.2, 0.25) is 5.02 Å². The van der Waals surface area contributed by atoms with Crippen LogP contribution in [0.15, 0.2) is 48.5 Å². The Hall–Kier alpha value is -2.04. The normalized spacial score (nSPS) is 24.6. The predicted octanol–water partition coefficient (Wildman–Crippen LogP) is 4.66. The number of halogens is 1. The first-order valence-corrected chi connectivity index (χ1v) is 10.5. The summed E-state index contributed by atoms with van der Waals surface area (Å²) in [6, 6.07) is 16.8. The molecule has 5 heteroatoms. The first-order chi connectivity index (χ1) is 13.6. The number of carbonyl (C=O) groups excluding carboxylic acids is 1. The van der Waals surface area contributed by atoms with E-state index in [0.717, 1.165) is 24.4 Å². The van der Waals surface area contributed by atoms with E-state index in [1.807, 2.05) is 36.4 Å². The van der Waals surface area contributed by atoms with Crippen LogP contribution in [0.4, 0.5) is 0 Å². The molecule has 2 aromatic rings. The second-order valence-electron chi connectivity index (χ2n) is 7.88. The highest BCUT2D eigenvalue weighted by molar-refractivity contribution is 6.30. The van der Waals surface area contributed by atoms with Crippen LogP contribution in [0.3, 0.4) is 0 Å². The third kappa shape index (κ3) is 4.18. The van der Waals surface area contributed by atoms with Gasteiger partial charge in [-0.25, -0.2) is 0 Å². The Morgan fingerprint density at radius 1 is 1.14 bits per heavy atom. The second-order valence-corrected chi connectivity index (χ2v) is 8.32. The molecule has 2 atom stereocenters. The zero-order chi connectivity index (χ0) is 19.5. The molecule has 0 aliphatic carbocycles. The minimum atomic E-state index is -0.0381. The van der Waals surface area contributed by atoms with Gasteiger partial charge in [-0.2, -0.15) is 0 Å². The van der Waals surface area contributed by atoms with Gasteiger partial charge in [-0.3, -0.25) is 9.69 Å². The molecule has 2 heterocycles. The lowest BCUT2D eigenvalue weighted by Crippen LogP contribution is -2.56. The number of hydrogen-bond acceptors (Lipinski definition) is 3. The van der Waals surface area contributed by atoms with Crippen molar-refractivity contribution in [3.8, 4) is 5.75 Å². The largest absolute Gasteiger partial charge is 0.496 e. The molecule has 2 aliphatic rings. The molecule has 0 aromatic heterocycles. The number of carbonyl (C=O) groups is 1. The molecule has 2 unspecified atom stereocenters. The average Bonchev–Trinajstić information content (AvgIpc) is 2.68. The Balaban J connectivity index is 1.43. The first kappa shape index (κ1) is 19.3. The quantitative estimate of drug-likeness (QED) is 0.796. The highest BCUT2D eigenvalue weighted by Crippen LogP contribution is 2.35. The molecule has 2 aromatic carbocycles. The van der Waals surface area contributed by atoms with Gasteiger partial charge in [0, 0.05) is 29.7 Å². The summed E-state index contributed by atoms with van der Waals surface area (Å²) in [5, 5.41) is 4.06. The van der Waals surface area contributed by atoms with E-state index in [1.54, 1.807) is 7.11 Å². The van der Waals surface area contributed by atoms with Crippen molar-refractivity contribution in [2.24, 2.45) is 0 Å². The Morgan fingerprint density at radius 3 is 2.61 bits per heavy atom. The van der Waals surface area contributed by atoms with E-state index in [9.17, 15) is 4.79 Å². The molecule has 2 saturated heterocycles. The summed E-state index contributed by atoms with van der Waals surface area (Å²) < 4.78 is 5.34. The van der Waals surface area contributed by atoms with Crippen molar-refractivity contribution in [3.05, 3.63) is 64.7 Å². The highest BCUT2D eigenvalue weighted by Gasteiger charge is 2.38. The number of fused-ring (bicyclic) bond motifs is 2. The van der Waals surface area contributed by atoms with Gasteiger partial charge in [0.25, 0.3) is 5.91 Å². The summed E-state index contributed by atoms with van der Waals surface area (Å²) >= 11 is 6.17. The van der Waals surface area contributed by atoms with Gasteiger partial charge in [0.05, 0.1) is 12.7 Å². The van der Waals surface area contributed by atoms with Crippen molar-refractivity contribution in [2.75, 3.05) is 7.11 Å². The number of amides is 1. The molecule has 148 valence electrons. The fourth-order valence-electron chi connectivity index (χ4n) is 4.80. The second kappa shape index (κ2) is 8.54. The van der Waals surface area contributed by atoms with Crippen LogP contribution in [0, 0.1) is 0 Å². The minimum Gasteiger partial charge on any atom is -0.496 e. The monoisotopic (exact) mass is 398 g/mol. The zero-order valence-corrected chi connectivity index (χ0v) is 17.0. The number of piperidine rings is 2. The Morgan fingerprint density at radius 2 is 1.89 bits per heavy atom. The summed E-state index contributed by atoms with van der Waals surface area (Å²) in [5.74, 6) is 0.586. The highest BCUT2D eigenvalue weighted by atomic mass is 35.5. The fourth-order valence-corrected chi connectivity index (χ4v) is 5.01. The average molecular weight is 399 g/mol. The number of nitrogens with one attached hydrogen (secondary N) is 1. The number of ether oxygens (including phenoxy) is 1. The van der Waals surface area contributed by atoms with Gasteiger partial charge in [-0.05, 0) is 55.5 Å². The van der Waals surface area contributed by atoms with Crippen LogP contribution in [-0.4, -0.2) is 36.0 Å². The number of hydrogen-bond donors (Lipinski definition) is 1. The first-order valence-electron chi connectivity index (χ1n) is 10.1. The molecule has 1 N–H and O–H groups in total. The minimum absolute atomic E-state index is 0.0381. The molecule has 0 spiro atoms. The molecule has 0 saturated carbocycles. The van der Waals surface area contributed by atoms with Crippen molar-refractivity contribution < 1.29 is 9.53 Å². The zero-order valence-electron chi connectivity index (χ0n) is 16.2. The molecule has 2 bridgehead atoms. The third-order valence-corrected chi connectivity index (χ3v) is 6.30. The van der Waals surface area contributed by atoms with Crippen LogP contribution >= 0.6 is 11.6 Å². The van der Waals surface area contributed by atoms with Crippen LogP contribution < -0.4 is 10.1 Å². The van der Waals surface area contributed by atoms with E-state index in [-0.39, 0.29) is 11.9 Å². The SMILES string of the molecule is COc1ccccc1C(=O)NC1CC2CCCC(C1)N2Cc1cccc(Cl)c1. The maximum atomic E-state index is 12.8. The number of para-hydroxylation sites is 1. The summed E-state index contributed by atoms with van der Waals surface area (Å²) in [4.78, 5) is 15.4. The lowest BCUT2D eigenvalue weighted by Gasteiger charge is -2.49. The van der Waals surface area contributed by atoms with Gasteiger partial charge >= 0.3 is 0 Å². The molecule has 1 amide bonds. The molecule has 28 heavy (non-hydrogen) atoms. The topological polar surface area (TPSA) is 41.6 Å². The smallest absolute Gasteiger partial charge is 0.255 e. The van der Waals surface area contributed by atoms with Crippen LogP contribution in [0.25, 0.3) is 0 Å². The number of nitrogens with zero attached hydrogens (tertiary/aromatic N) is 1. The predicted molar refractivity (Wildman–Crippen MR) is 112 cm³/mol. The molecule has 2 aliphatic heterocycles. The fraction of sp³-hybridized carbons (Fsp3) is 0.435. The van der Waals surface area contributed by atoms with Gasteiger partial charge in [0.2, 0.25) is 0 Å². The standard InChI is InChI=1S/C23H27ClN2O2/c1-28-22-11-3-2-10-21(22)23(27)25-18-13-19-8-5-9-20(14-18)26(19)15-16-6-4-7-17(24)12-16/h2-4,6-7,10-12,18-20H,5,8-9,13-15H2,1H3,(H,25,27). The Labute approximate surface area is 171 Å². The number of benzene rings is 2. The molecule has 4 rings (SSSR count). The molecule has 0 radical (unpaired) electrons. The summed E-state index contributed by atoms with van der Waals surface area (Å²) in [6.07, 6.45) is 5.65. The maximum absolute atomic E-state index is 12.8. The van der Waals surface area contributed by atoms with Crippen molar-refractivity contribution in [1.29, 1.82) is 0 Å². The molecular weight excluding hydrogens is 372 g/mol. The van der Waals surface area contributed by atoms with Gasteiger partial charge in [-0.15, -0.1) is 0 Å². The maximum Gasteiger partial charge on any atom is 0.255 e. The van der Waals surface area contributed by atoms with Crippen molar-refractivity contribution in [3.63, 3.8) is 0 Å². The summed E-state index contributed by atoms with van der Waals surface area (Å²) in [7, 11) is 1.60. The van der Waals surface area contributed by atoms with Gasteiger partial charge in [0.15, 0.2) is 0 Å². The van der Waals surface area contributed by atoms with E-state index in [2.05, 4.69) is 22.3 Å².